The number of carbonyl (C=O) groups excluding carboxylic acids is 3. The molecule has 11 heteroatoms. The lowest BCUT2D eigenvalue weighted by atomic mass is 9.77. The summed E-state index contributed by atoms with van der Waals surface area (Å²) < 4.78 is 18.0. The first-order valence-electron chi connectivity index (χ1n) is 18.6. The van der Waals surface area contributed by atoms with E-state index in [-0.39, 0.29) is 49.5 Å². The SMILES string of the molecule is CC[C@@H]1C[C@]1(CC(=O)[C@@H]1C[C@@H](Oc2cc(CC(C)C)nc3c(Cl)c(OC)ccc23)CN1C(=O)[C@@H](CC(=O)OC1C[C@@H]2C[C@@H]2C1)C(C)(C)C)C(=O)O. The Hall–Kier alpha value is -3.40. The number of hydrogen-bond acceptors (Lipinski definition) is 8. The number of halogens is 1. The number of carboxylic acid groups (broad SMARTS) is 1. The number of rotatable bonds is 14. The van der Waals surface area contributed by atoms with Crippen molar-refractivity contribution in [3.63, 3.8) is 0 Å². The third-order valence-corrected chi connectivity index (χ3v) is 12.2. The van der Waals surface area contributed by atoms with Crippen LogP contribution < -0.4 is 9.47 Å². The first-order chi connectivity index (χ1) is 24.0. The van der Waals surface area contributed by atoms with E-state index < -0.39 is 40.8 Å². The van der Waals surface area contributed by atoms with Gasteiger partial charge in [-0.1, -0.05) is 59.6 Å². The zero-order chi connectivity index (χ0) is 37.0. The van der Waals surface area contributed by atoms with Gasteiger partial charge in [-0.05, 0) is 73.3 Å². The van der Waals surface area contributed by atoms with E-state index in [4.69, 9.17) is 30.8 Å². The second kappa shape index (κ2) is 14.2. The molecule has 3 aliphatic carbocycles. The van der Waals surface area contributed by atoms with Gasteiger partial charge in [0.25, 0.3) is 0 Å². The van der Waals surface area contributed by atoms with E-state index in [9.17, 15) is 24.3 Å². The van der Waals surface area contributed by atoms with Crippen molar-refractivity contribution in [2.45, 2.75) is 118 Å². The highest BCUT2D eigenvalue weighted by Gasteiger charge is 2.61. The van der Waals surface area contributed by atoms with Crippen molar-refractivity contribution in [3.05, 3.63) is 28.9 Å². The second-order valence-corrected chi connectivity index (χ2v) is 17.4. The molecule has 2 aromatic rings. The lowest BCUT2D eigenvalue weighted by molar-refractivity contribution is -0.157. The molecular formula is C40H53ClN2O8. The van der Waals surface area contributed by atoms with Crippen LogP contribution in [0.2, 0.25) is 5.02 Å². The fourth-order valence-corrected chi connectivity index (χ4v) is 8.95. The number of carboxylic acids is 1. The van der Waals surface area contributed by atoms with E-state index >= 15 is 0 Å². The Morgan fingerprint density at radius 2 is 1.76 bits per heavy atom. The van der Waals surface area contributed by atoms with Crippen molar-refractivity contribution in [2.24, 2.45) is 40.4 Å². The Morgan fingerprint density at radius 3 is 2.35 bits per heavy atom. The predicted octanol–water partition coefficient (Wildman–Crippen LogP) is 7.30. The predicted molar refractivity (Wildman–Crippen MR) is 193 cm³/mol. The first-order valence-corrected chi connectivity index (χ1v) is 19.0. The number of hydrogen-bond donors (Lipinski definition) is 1. The number of likely N-dealkylation sites (tertiary alicyclic amines) is 1. The van der Waals surface area contributed by atoms with Gasteiger partial charge < -0.3 is 24.2 Å². The van der Waals surface area contributed by atoms with Gasteiger partial charge in [0.1, 0.15) is 28.7 Å². The lowest BCUT2D eigenvalue weighted by Crippen LogP contribution is -2.48. The van der Waals surface area contributed by atoms with E-state index in [1.807, 2.05) is 39.8 Å². The number of aromatic nitrogens is 1. The molecule has 0 spiro atoms. The largest absolute Gasteiger partial charge is 0.495 e. The van der Waals surface area contributed by atoms with Gasteiger partial charge in [0.15, 0.2) is 5.78 Å². The Morgan fingerprint density at radius 1 is 1.06 bits per heavy atom. The van der Waals surface area contributed by atoms with Crippen LogP contribution in [0, 0.1) is 40.4 Å². The summed E-state index contributed by atoms with van der Waals surface area (Å²) in [6.07, 6.45) is 4.03. The maximum absolute atomic E-state index is 14.6. The molecule has 8 atom stereocenters. The number of Topliss-reactive ketones (excluding diaryl/α,β-unsaturated/α-hetero) is 1. The van der Waals surface area contributed by atoms with Crippen LogP contribution in [-0.4, -0.2) is 70.5 Å². The number of nitrogens with zero attached hydrogens (tertiary/aromatic N) is 2. The van der Waals surface area contributed by atoms with E-state index in [0.717, 1.165) is 18.5 Å². The summed E-state index contributed by atoms with van der Waals surface area (Å²) in [6, 6.07) is 4.59. The van der Waals surface area contributed by atoms with Gasteiger partial charge in [-0.15, -0.1) is 0 Å². The summed E-state index contributed by atoms with van der Waals surface area (Å²) in [7, 11) is 1.55. The van der Waals surface area contributed by atoms with Gasteiger partial charge in [-0.2, -0.15) is 0 Å². The molecule has 1 saturated heterocycles. The molecule has 6 rings (SSSR count). The molecule has 0 bridgehead atoms. The molecule has 10 nitrogen and oxygen atoms in total. The number of ketones is 1. The molecule has 3 saturated carbocycles. The van der Waals surface area contributed by atoms with Crippen LogP contribution >= 0.6 is 11.6 Å². The van der Waals surface area contributed by atoms with Crippen molar-refractivity contribution < 1.29 is 38.5 Å². The number of methoxy groups -OCH3 is 1. The fourth-order valence-electron chi connectivity index (χ4n) is 8.67. The van der Waals surface area contributed by atoms with Gasteiger partial charge in [0.2, 0.25) is 5.91 Å². The average molecular weight is 725 g/mol. The highest BCUT2D eigenvalue weighted by molar-refractivity contribution is 6.36. The van der Waals surface area contributed by atoms with Crippen LogP contribution in [-0.2, 0) is 30.3 Å². The molecule has 1 unspecified atom stereocenters. The maximum Gasteiger partial charge on any atom is 0.310 e. The molecule has 0 radical (unpaired) electrons. The van der Waals surface area contributed by atoms with E-state index in [1.165, 1.54) is 6.42 Å². The highest BCUT2D eigenvalue weighted by atomic mass is 35.5. The number of ether oxygens (including phenoxy) is 3. The van der Waals surface area contributed by atoms with Crippen LogP contribution in [0.5, 0.6) is 11.5 Å². The van der Waals surface area contributed by atoms with Gasteiger partial charge in [-0.25, -0.2) is 0 Å². The third-order valence-electron chi connectivity index (χ3n) is 11.8. The van der Waals surface area contributed by atoms with Crippen LogP contribution in [0.15, 0.2) is 18.2 Å². The zero-order valence-electron chi connectivity index (χ0n) is 31.0. The number of carbonyl (C=O) groups is 4. The fraction of sp³-hybridized carbons (Fsp3) is 0.675. The summed E-state index contributed by atoms with van der Waals surface area (Å²) >= 11 is 6.74. The number of amides is 1. The molecule has 4 aliphatic rings. The number of fused-ring (bicyclic) bond motifs is 2. The highest BCUT2D eigenvalue weighted by Crippen LogP contribution is 2.58. The summed E-state index contributed by atoms with van der Waals surface area (Å²) in [5.74, 6) is -0.177. The Bertz CT molecular complexity index is 1690. The molecule has 1 N–H and O–H groups in total. The average Bonchev–Trinajstić information content (AvgIpc) is 3.86. The molecule has 1 aromatic heterocycles. The Kier molecular flexibility index (Phi) is 10.4. The smallest absolute Gasteiger partial charge is 0.310 e. The monoisotopic (exact) mass is 724 g/mol. The topological polar surface area (TPSA) is 132 Å². The molecule has 4 fully saturated rings. The molecule has 278 valence electrons. The summed E-state index contributed by atoms with van der Waals surface area (Å²) in [4.78, 5) is 60.9. The standard InChI is InChI=1S/C40H53ClN2O8/c1-8-24-18-40(24,38(47)48)19-31(44)30-16-27(50-33-15-25(11-21(2)3)42-36-28(33)9-10-32(49-7)35(36)41)20-43(30)37(46)29(39(4,5)6)17-34(45)51-26-13-22-12-23(22)14-26/h9-10,15,21-24,26-27,29-30H,8,11-14,16-20H2,1-7H3,(H,47,48)/t22-,23+,24-,26?,27-,29-,30+,40-/m1/s1. The van der Waals surface area contributed by atoms with Gasteiger partial charge in [0.05, 0.1) is 43.0 Å². The molecule has 1 aliphatic heterocycles. The van der Waals surface area contributed by atoms with Crippen molar-refractivity contribution >= 4 is 46.1 Å². The van der Waals surface area contributed by atoms with E-state index in [0.29, 0.717) is 64.4 Å². The molecule has 2 heterocycles. The summed E-state index contributed by atoms with van der Waals surface area (Å²) in [6.45, 7) is 12.0. The number of aliphatic carboxylic acids is 1. The first kappa shape index (κ1) is 37.4. The lowest BCUT2D eigenvalue weighted by Gasteiger charge is -2.35. The van der Waals surface area contributed by atoms with Gasteiger partial charge in [-0.3, -0.25) is 24.2 Å². The van der Waals surface area contributed by atoms with Crippen LogP contribution in [0.3, 0.4) is 0 Å². The van der Waals surface area contributed by atoms with Crippen molar-refractivity contribution in [1.82, 2.24) is 9.88 Å². The number of pyridine rings is 1. The third kappa shape index (κ3) is 7.72. The van der Waals surface area contributed by atoms with Gasteiger partial charge >= 0.3 is 11.9 Å². The molecule has 1 aromatic carbocycles. The van der Waals surface area contributed by atoms with Crippen molar-refractivity contribution in [3.8, 4) is 11.5 Å². The van der Waals surface area contributed by atoms with E-state index in [2.05, 4.69) is 13.8 Å². The zero-order valence-corrected chi connectivity index (χ0v) is 31.8. The minimum atomic E-state index is -1.11. The summed E-state index contributed by atoms with van der Waals surface area (Å²) in [5, 5.41) is 11.2. The van der Waals surface area contributed by atoms with Gasteiger partial charge in [0, 0.05) is 30.0 Å². The molecule has 51 heavy (non-hydrogen) atoms. The minimum Gasteiger partial charge on any atom is -0.495 e. The molecule has 1 amide bonds. The Balaban J connectivity index is 1.29. The molecular weight excluding hydrogens is 672 g/mol. The van der Waals surface area contributed by atoms with Crippen LogP contribution in [0.1, 0.15) is 98.6 Å². The minimum absolute atomic E-state index is 0.0837. The van der Waals surface area contributed by atoms with Crippen molar-refractivity contribution in [2.75, 3.05) is 13.7 Å². The Labute approximate surface area is 305 Å². The normalized spacial score (nSPS) is 28.8. The summed E-state index contributed by atoms with van der Waals surface area (Å²) in [5.41, 5.74) is -0.404. The van der Waals surface area contributed by atoms with E-state index in [1.54, 1.807) is 18.1 Å². The maximum atomic E-state index is 14.6. The van der Waals surface area contributed by atoms with Crippen LogP contribution in [0.4, 0.5) is 0 Å². The van der Waals surface area contributed by atoms with Crippen LogP contribution in [0.25, 0.3) is 10.9 Å². The number of esters is 1. The van der Waals surface area contributed by atoms with Crippen molar-refractivity contribution in [1.29, 1.82) is 0 Å². The second-order valence-electron chi connectivity index (χ2n) is 17.0. The number of benzene rings is 1. The quantitative estimate of drug-likeness (QED) is 0.199.